The van der Waals surface area contributed by atoms with Crippen LogP contribution in [0.1, 0.15) is 43.4 Å². The van der Waals surface area contributed by atoms with Gasteiger partial charge < -0.3 is 5.32 Å². The summed E-state index contributed by atoms with van der Waals surface area (Å²) >= 11 is 1.54. The Kier molecular flexibility index (Phi) is 4.89. The van der Waals surface area contributed by atoms with Crippen LogP contribution in [0.15, 0.2) is 11.6 Å². The van der Waals surface area contributed by atoms with Crippen LogP contribution in [0.4, 0.5) is 11.5 Å². The van der Waals surface area contributed by atoms with Crippen LogP contribution in [-0.4, -0.2) is 19.7 Å². The fourth-order valence-corrected chi connectivity index (χ4v) is 3.01. The molecule has 2 aromatic rings. The van der Waals surface area contributed by atoms with Gasteiger partial charge in [0.15, 0.2) is 0 Å². The van der Waals surface area contributed by atoms with Crippen LogP contribution in [-0.2, 0) is 13.5 Å². The number of hydrogen-bond donors (Lipinski definition) is 1. The van der Waals surface area contributed by atoms with Crippen LogP contribution in [0.3, 0.4) is 0 Å². The van der Waals surface area contributed by atoms with Gasteiger partial charge in [0, 0.05) is 18.6 Å². The summed E-state index contributed by atoms with van der Waals surface area (Å²) < 4.78 is 1.55. The standard InChI is InChI=1S/C13H19N5O2S/c1-4-6-10-11(18(19)20)12(17(3)16-10)15-9(5-2)13-14-7-8-21-13/h7-9,15H,4-6H2,1-3H3. The maximum atomic E-state index is 11.4. The minimum atomic E-state index is -0.352. The number of aryl methyl sites for hydroxylation is 2. The molecule has 0 aliphatic carbocycles. The molecule has 1 atom stereocenters. The number of nitrogens with zero attached hydrogens (tertiary/aromatic N) is 4. The summed E-state index contributed by atoms with van der Waals surface area (Å²) in [4.78, 5) is 15.3. The Bertz CT molecular complexity index is 608. The van der Waals surface area contributed by atoms with Gasteiger partial charge in [-0.25, -0.2) is 9.67 Å². The van der Waals surface area contributed by atoms with E-state index in [4.69, 9.17) is 0 Å². The van der Waals surface area contributed by atoms with Crippen LogP contribution in [0.2, 0.25) is 0 Å². The fraction of sp³-hybridized carbons (Fsp3) is 0.538. The molecule has 1 unspecified atom stereocenters. The highest BCUT2D eigenvalue weighted by atomic mass is 32.1. The van der Waals surface area contributed by atoms with E-state index < -0.39 is 0 Å². The molecular formula is C13H19N5O2S. The van der Waals surface area contributed by atoms with Crippen LogP contribution in [0, 0.1) is 10.1 Å². The number of nitrogens with one attached hydrogen (secondary N) is 1. The van der Waals surface area contributed by atoms with Gasteiger partial charge in [-0.05, 0) is 12.8 Å². The molecule has 2 aromatic heterocycles. The van der Waals surface area contributed by atoms with Crippen LogP contribution < -0.4 is 5.32 Å². The quantitative estimate of drug-likeness (QED) is 0.626. The van der Waals surface area contributed by atoms with Gasteiger partial charge in [0.2, 0.25) is 5.82 Å². The SMILES string of the molecule is CCCc1nn(C)c(NC(CC)c2nccs2)c1[N+](=O)[O-]. The maximum absolute atomic E-state index is 11.4. The van der Waals surface area contributed by atoms with E-state index in [0.717, 1.165) is 17.8 Å². The molecule has 0 aromatic carbocycles. The van der Waals surface area contributed by atoms with Crippen molar-refractivity contribution < 1.29 is 4.92 Å². The molecule has 0 saturated heterocycles. The highest BCUT2D eigenvalue weighted by Crippen LogP contribution is 2.33. The summed E-state index contributed by atoms with van der Waals surface area (Å²) in [7, 11) is 1.73. The summed E-state index contributed by atoms with van der Waals surface area (Å²) in [6.07, 6.45) is 3.95. The number of hydrogen-bond acceptors (Lipinski definition) is 6. The molecule has 7 nitrogen and oxygen atoms in total. The first-order valence-electron chi connectivity index (χ1n) is 6.94. The monoisotopic (exact) mass is 309 g/mol. The Balaban J connectivity index is 2.36. The second-order valence-electron chi connectivity index (χ2n) is 4.75. The Labute approximate surface area is 127 Å². The number of thiazole rings is 1. The molecule has 2 rings (SSSR count). The van der Waals surface area contributed by atoms with E-state index in [2.05, 4.69) is 15.4 Å². The highest BCUT2D eigenvalue weighted by molar-refractivity contribution is 7.09. The Morgan fingerprint density at radius 2 is 2.29 bits per heavy atom. The molecule has 0 bridgehead atoms. The van der Waals surface area contributed by atoms with Crippen LogP contribution in [0.5, 0.6) is 0 Å². The highest BCUT2D eigenvalue weighted by Gasteiger charge is 2.28. The molecule has 0 aliphatic rings. The van der Waals surface area contributed by atoms with Crippen LogP contribution in [0.25, 0.3) is 0 Å². The lowest BCUT2D eigenvalue weighted by Crippen LogP contribution is -2.13. The van der Waals surface area contributed by atoms with Gasteiger partial charge in [-0.15, -0.1) is 11.3 Å². The third-order valence-corrected chi connectivity index (χ3v) is 4.12. The van der Waals surface area contributed by atoms with Gasteiger partial charge in [0.1, 0.15) is 10.7 Å². The molecule has 0 amide bonds. The van der Waals surface area contributed by atoms with Crippen molar-refractivity contribution in [1.82, 2.24) is 14.8 Å². The molecule has 0 spiro atoms. The smallest absolute Gasteiger partial charge is 0.334 e. The first-order valence-corrected chi connectivity index (χ1v) is 7.82. The molecule has 0 radical (unpaired) electrons. The van der Waals surface area contributed by atoms with Crippen molar-refractivity contribution in [3.8, 4) is 0 Å². The second-order valence-corrected chi connectivity index (χ2v) is 5.68. The molecule has 1 N–H and O–H groups in total. The van der Waals surface area contributed by atoms with Crippen molar-refractivity contribution >= 4 is 22.8 Å². The average Bonchev–Trinajstić information content (AvgIpc) is 3.05. The molecule has 0 saturated carbocycles. The fourth-order valence-electron chi connectivity index (χ4n) is 2.24. The molecule has 2 heterocycles. The Morgan fingerprint density at radius 3 is 2.81 bits per heavy atom. The molecule has 0 fully saturated rings. The van der Waals surface area contributed by atoms with Gasteiger partial charge in [0.25, 0.3) is 0 Å². The minimum absolute atomic E-state index is 0.0476. The Hall–Kier alpha value is -1.96. The number of aromatic nitrogens is 3. The van der Waals surface area contributed by atoms with E-state index in [1.807, 2.05) is 19.2 Å². The zero-order valence-electron chi connectivity index (χ0n) is 12.4. The van der Waals surface area contributed by atoms with Crippen molar-refractivity contribution in [3.05, 3.63) is 32.4 Å². The average molecular weight is 309 g/mol. The van der Waals surface area contributed by atoms with Crippen molar-refractivity contribution in [2.45, 2.75) is 39.2 Å². The third-order valence-electron chi connectivity index (χ3n) is 3.23. The summed E-state index contributed by atoms with van der Waals surface area (Å²) in [6, 6.07) is -0.0476. The van der Waals surface area contributed by atoms with E-state index in [-0.39, 0.29) is 16.7 Å². The summed E-state index contributed by atoms with van der Waals surface area (Å²) in [5.74, 6) is 0.450. The summed E-state index contributed by atoms with van der Waals surface area (Å²) in [5.41, 5.74) is 0.607. The summed E-state index contributed by atoms with van der Waals surface area (Å²) in [5, 5.41) is 21.7. The normalized spacial score (nSPS) is 12.3. The lowest BCUT2D eigenvalue weighted by molar-refractivity contribution is -0.384. The van der Waals surface area contributed by atoms with Crippen molar-refractivity contribution in [2.75, 3.05) is 5.32 Å². The molecule has 8 heteroatoms. The lowest BCUT2D eigenvalue weighted by Gasteiger charge is -2.15. The van der Waals surface area contributed by atoms with Crippen molar-refractivity contribution in [3.63, 3.8) is 0 Å². The summed E-state index contributed by atoms with van der Waals surface area (Å²) in [6.45, 7) is 4.00. The second kappa shape index (κ2) is 6.66. The zero-order valence-corrected chi connectivity index (χ0v) is 13.2. The van der Waals surface area contributed by atoms with Crippen molar-refractivity contribution in [2.24, 2.45) is 7.05 Å². The first kappa shape index (κ1) is 15.4. The third kappa shape index (κ3) is 3.21. The maximum Gasteiger partial charge on any atom is 0.334 e. The van der Waals surface area contributed by atoms with Gasteiger partial charge in [-0.1, -0.05) is 20.3 Å². The predicted octanol–water partition coefficient (Wildman–Crippen LogP) is 3.30. The molecule has 0 aliphatic heterocycles. The van der Waals surface area contributed by atoms with Gasteiger partial charge >= 0.3 is 5.69 Å². The number of nitro groups is 1. The zero-order chi connectivity index (χ0) is 15.4. The van der Waals surface area contributed by atoms with E-state index in [0.29, 0.717) is 17.9 Å². The first-order chi connectivity index (χ1) is 10.1. The minimum Gasteiger partial charge on any atom is -0.355 e. The van der Waals surface area contributed by atoms with E-state index in [9.17, 15) is 10.1 Å². The van der Waals surface area contributed by atoms with Crippen molar-refractivity contribution in [1.29, 1.82) is 0 Å². The largest absolute Gasteiger partial charge is 0.355 e. The number of anilines is 1. The van der Waals surface area contributed by atoms with Crippen LogP contribution >= 0.6 is 11.3 Å². The van der Waals surface area contributed by atoms with Gasteiger partial charge in [-0.3, -0.25) is 10.1 Å². The Morgan fingerprint density at radius 1 is 1.52 bits per heavy atom. The van der Waals surface area contributed by atoms with Gasteiger partial charge in [-0.2, -0.15) is 5.10 Å². The van der Waals surface area contributed by atoms with E-state index >= 15 is 0 Å². The molecule has 114 valence electrons. The molecular weight excluding hydrogens is 290 g/mol. The lowest BCUT2D eigenvalue weighted by atomic mass is 10.2. The van der Waals surface area contributed by atoms with E-state index in [1.165, 1.54) is 11.3 Å². The topological polar surface area (TPSA) is 85.9 Å². The van der Waals surface area contributed by atoms with E-state index in [1.54, 1.807) is 17.9 Å². The number of rotatable bonds is 7. The predicted molar refractivity (Wildman–Crippen MR) is 82.6 cm³/mol. The molecule has 21 heavy (non-hydrogen) atoms. The van der Waals surface area contributed by atoms with Gasteiger partial charge in [0.05, 0.1) is 11.0 Å².